The van der Waals surface area contributed by atoms with E-state index in [1.807, 2.05) is 49.8 Å². The molecule has 366 valence electrons. The fraction of sp³-hybridized carbons (Fsp3) is 0.547. The topological polar surface area (TPSA) is 193 Å². The number of imidazole rings is 2. The average Bonchev–Trinajstić information content (AvgIpc) is 4.20. The van der Waals surface area contributed by atoms with Gasteiger partial charge in [0.25, 0.3) is 0 Å². The van der Waals surface area contributed by atoms with Crippen LogP contribution in [0.4, 0.5) is 9.59 Å². The van der Waals surface area contributed by atoms with Gasteiger partial charge in [0.2, 0.25) is 11.8 Å². The van der Waals surface area contributed by atoms with Gasteiger partial charge in [-0.15, -0.1) is 0 Å². The maximum Gasteiger partial charge on any atom is 0.407 e. The number of rotatable bonds is 10. The van der Waals surface area contributed by atoms with Gasteiger partial charge in [0.1, 0.15) is 23.7 Å². The molecule has 1 aliphatic carbocycles. The molecule has 4 N–H and O–H groups in total. The first-order valence-electron chi connectivity index (χ1n) is 24.9. The van der Waals surface area contributed by atoms with Gasteiger partial charge in [-0.3, -0.25) is 9.59 Å². The number of amides is 4. The Labute approximate surface area is 403 Å². The van der Waals surface area contributed by atoms with Crippen LogP contribution in [0.2, 0.25) is 0 Å². The standard InChI is InChI=1S/C53H66N8O8/c1-29(2)44(58-51(64)66-5)50(63)61-41-10-7-9-36(41)24-42(61)48-55-39-18-16-35-23-34(15-17-38(35)46(39)57-48)32-11-13-33(14-12-32)40-26-54-47(56-40)43-25-53(19-8-20-68-28-53)27-60(43)49(62)45(59-52(65)67-6)37-21-30(3)69-31(4)22-37/h11-18,23,26,29-31,36-37,41-45H,7-10,19-22,24-25,27-28H2,1-6H3,(H,54,56)(H,55,57)(H,58,64)(H,59,65)/t30-,31-,36+,41+,42+,43+,44+,45+,53+/m1/s1. The molecule has 2 aromatic heterocycles. The SMILES string of the molecule is COC(=O)N[C@H](C(=O)N1[C@H](c2nc3ccc4cc(-c5ccc(-c6cnc([C@@H]7C[C@@]8(CCCOC8)CN7C(=O)[C@@H](NC(=O)OC)C7C[C@@H](C)O[C@H](C)C7)[nH]6)cc5)ccc4c3[nH]2)C[C@@H]2CCC[C@@H]21)C(C)C. The first-order valence-corrected chi connectivity index (χ1v) is 24.9. The number of hydrogen-bond acceptors (Lipinski definition) is 10. The van der Waals surface area contributed by atoms with Gasteiger partial charge in [-0.2, -0.15) is 0 Å². The van der Waals surface area contributed by atoms with Crippen molar-refractivity contribution in [2.24, 2.45) is 23.2 Å². The Kier molecular flexibility index (Phi) is 12.9. The van der Waals surface area contributed by atoms with Crippen LogP contribution in [0.5, 0.6) is 0 Å². The lowest BCUT2D eigenvalue weighted by Crippen LogP contribution is -2.54. The second-order valence-electron chi connectivity index (χ2n) is 20.8. The van der Waals surface area contributed by atoms with Crippen LogP contribution in [-0.4, -0.2) is 118 Å². The summed E-state index contributed by atoms with van der Waals surface area (Å²) in [5.41, 5.74) is 5.53. The molecule has 10 rings (SSSR count). The first-order chi connectivity index (χ1) is 33.3. The summed E-state index contributed by atoms with van der Waals surface area (Å²) in [6, 6.07) is 17.1. The van der Waals surface area contributed by atoms with Crippen molar-refractivity contribution in [3.8, 4) is 22.4 Å². The highest BCUT2D eigenvalue weighted by Gasteiger charge is 2.52. The van der Waals surface area contributed by atoms with Crippen molar-refractivity contribution in [3.63, 3.8) is 0 Å². The number of aromatic nitrogens is 4. The van der Waals surface area contributed by atoms with E-state index < -0.39 is 24.3 Å². The lowest BCUT2D eigenvalue weighted by atomic mass is 9.80. The molecule has 4 amide bonds. The number of carbonyl (C=O) groups excluding carboxylic acids is 4. The summed E-state index contributed by atoms with van der Waals surface area (Å²) >= 11 is 0. The van der Waals surface area contributed by atoms with E-state index in [1.165, 1.54) is 14.2 Å². The zero-order chi connectivity index (χ0) is 48.1. The highest BCUT2D eigenvalue weighted by atomic mass is 16.5. The van der Waals surface area contributed by atoms with Gasteiger partial charge < -0.3 is 49.3 Å². The summed E-state index contributed by atoms with van der Waals surface area (Å²) in [5, 5.41) is 7.84. The number of carbonyl (C=O) groups is 4. The maximum absolute atomic E-state index is 14.8. The third-order valence-electron chi connectivity index (χ3n) is 15.9. The van der Waals surface area contributed by atoms with Gasteiger partial charge in [-0.05, 0) is 117 Å². The number of benzene rings is 3. The van der Waals surface area contributed by atoms with Gasteiger partial charge in [0.15, 0.2) is 0 Å². The van der Waals surface area contributed by atoms with E-state index in [9.17, 15) is 19.2 Å². The molecule has 16 heteroatoms. The third-order valence-corrected chi connectivity index (χ3v) is 15.9. The summed E-state index contributed by atoms with van der Waals surface area (Å²) in [6.07, 6.45) is 8.34. The van der Waals surface area contributed by atoms with E-state index in [1.54, 1.807) is 0 Å². The molecule has 1 saturated carbocycles. The summed E-state index contributed by atoms with van der Waals surface area (Å²) < 4.78 is 22.0. The lowest BCUT2D eigenvalue weighted by Gasteiger charge is -2.38. The van der Waals surface area contributed by atoms with Crippen LogP contribution in [0, 0.1) is 23.2 Å². The van der Waals surface area contributed by atoms with Gasteiger partial charge in [0, 0.05) is 30.0 Å². The fourth-order valence-corrected chi connectivity index (χ4v) is 12.6. The minimum atomic E-state index is -0.768. The number of nitrogens with one attached hydrogen (secondary N) is 4. The molecule has 5 fully saturated rings. The Hall–Kier alpha value is -6.00. The fourth-order valence-electron chi connectivity index (χ4n) is 12.6. The Morgan fingerprint density at radius 2 is 1.57 bits per heavy atom. The van der Waals surface area contributed by atoms with Crippen molar-refractivity contribution >= 4 is 45.8 Å². The Morgan fingerprint density at radius 3 is 2.29 bits per heavy atom. The Bertz CT molecular complexity index is 2700. The number of aromatic amines is 2. The number of hydrogen-bond donors (Lipinski definition) is 4. The minimum Gasteiger partial charge on any atom is -0.453 e. The third kappa shape index (κ3) is 9.06. The van der Waals surface area contributed by atoms with Crippen molar-refractivity contribution in [1.82, 2.24) is 40.4 Å². The lowest BCUT2D eigenvalue weighted by molar-refractivity contribution is -0.139. The molecule has 0 radical (unpaired) electrons. The molecule has 4 saturated heterocycles. The average molecular weight is 943 g/mol. The number of alkyl carbamates (subject to hydrolysis) is 2. The van der Waals surface area contributed by atoms with Crippen LogP contribution in [0.25, 0.3) is 44.2 Å². The van der Waals surface area contributed by atoms with E-state index in [4.69, 9.17) is 28.9 Å². The van der Waals surface area contributed by atoms with Crippen LogP contribution < -0.4 is 10.6 Å². The number of ether oxygens (including phenoxy) is 4. The molecule has 4 aliphatic heterocycles. The molecule has 16 nitrogen and oxygen atoms in total. The molecule has 69 heavy (non-hydrogen) atoms. The van der Waals surface area contributed by atoms with Crippen molar-refractivity contribution in [3.05, 3.63) is 72.4 Å². The van der Waals surface area contributed by atoms with E-state index in [0.29, 0.717) is 50.8 Å². The molecule has 0 bridgehead atoms. The quantitative estimate of drug-likeness (QED) is 0.105. The molecule has 6 heterocycles. The molecular formula is C53H66N8O8. The summed E-state index contributed by atoms with van der Waals surface area (Å²) in [5.74, 6) is 1.42. The van der Waals surface area contributed by atoms with Crippen LogP contribution in [0.15, 0.2) is 60.8 Å². The number of methoxy groups -OCH3 is 2. The monoisotopic (exact) mass is 943 g/mol. The van der Waals surface area contributed by atoms with E-state index in [-0.39, 0.29) is 59.4 Å². The molecule has 5 aromatic rings. The van der Waals surface area contributed by atoms with Crippen LogP contribution in [0.3, 0.4) is 0 Å². The summed E-state index contributed by atoms with van der Waals surface area (Å²) in [6.45, 7) is 9.72. The molecule has 5 aliphatic rings. The largest absolute Gasteiger partial charge is 0.453 e. The van der Waals surface area contributed by atoms with Crippen molar-refractivity contribution in [2.75, 3.05) is 34.0 Å². The zero-order valence-electron chi connectivity index (χ0n) is 40.6. The second-order valence-corrected chi connectivity index (χ2v) is 20.8. The van der Waals surface area contributed by atoms with Crippen LogP contribution in [-0.2, 0) is 28.5 Å². The molecule has 3 aromatic carbocycles. The number of fused-ring (bicyclic) bond motifs is 4. The van der Waals surface area contributed by atoms with Crippen LogP contribution >= 0.6 is 0 Å². The molecule has 1 spiro atoms. The normalized spacial score (nSPS) is 27.7. The van der Waals surface area contributed by atoms with Crippen molar-refractivity contribution in [2.45, 2.75) is 128 Å². The molecule has 0 unspecified atom stereocenters. The highest BCUT2D eigenvalue weighted by molar-refractivity contribution is 6.05. The van der Waals surface area contributed by atoms with E-state index >= 15 is 0 Å². The predicted octanol–water partition coefficient (Wildman–Crippen LogP) is 8.59. The summed E-state index contributed by atoms with van der Waals surface area (Å²) in [7, 11) is 2.64. The maximum atomic E-state index is 14.8. The Morgan fingerprint density at radius 1 is 0.826 bits per heavy atom. The van der Waals surface area contributed by atoms with Crippen molar-refractivity contribution in [1.29, 1.82) is 0 Å². The summed E-state index contributed by atoms with van der Waals surface area (Å²) in [4.78, 5) is 75.3. The first kappa shape index (κ1) is 46.7. The van der Waals surface area contributed by atoms with Crippen LogP contribution in [0.1, 0.15) is 109 Å². The minimum absolute atomic E-state index is 0.0406. The molecule has 9 atom stereocenters. The van der Waals surface area contributed by atoms with E-state index in [0.717, 1.165) is 88.5 Å². The zero-order valence-corrected chi connectivity index (χ0v) is 40.6. The smallest absolute Gasteiger partial charge is 0.407 e. The van der Waals surface area contributed by atoms with Gasteiger partial charge in [0.05, 0.1) is 68.0 Å². The van der Waals surface area contributed by atoms with E-state index in [2.05, 4.69) is 69.1 Å². The number of likely N-dealkylation sites (tertiary alicyclic amines) is 2. The highest BCUT2D eigenvalue weighted by Crippen LogP contribution is 2.49. The number of nitrogens with zero attached hydrogens (tertiary/aromatic N) is 4. The van der Waals surface area contributed by atoms with Gasteiger partial charge >= 0.3 is 12.2 Å². The number of H-pyrrole nitrogens is 2. The van der Waals surface area contributed by atoms with Gasteiger partial charge in [-0.25, -0.2) is 19.6 Å². The predicted molar refractivity (Wildman–Crippen MR) is 260 cm³/mol. The molecular weight excluding hydrogens is 877 g/mol. The Balaban J connectivity index is 0.885. The van der Waals surface area contributed by atoms with Gasteiger partial charge in [-0.1, -0.05) is 62.7 Å². The second kappa shape index (κ2) is 19.1. The van der Waals surface area contributed by atoms with Crippen molar-refractivity contribution < 1.29 is 38.1 Å².